The van der Waals surface area contributed by atoms with E-state index in [1.54, 1.807) is 0 Å². The fraction of sp³-hybridized carbons (Fsp3) is 0. The number of nitrogens with zero attached hydrogens (tertiary/aromatic N) is 2. The molecule has 0 atom stereocenters. The van der Waals surface area contributed by atoms with Crippen LogP contribution in [0.1, 0.15) is 0 Å². The van der Waals surface area contributed by atoms with E-state index in [-0.39, 0.29) is 0 Å². The normalized spacial score (nSPS) is 11.5. The van der Waals surface area contributed by atoms with Gasteiger partial charge >= 0.3 is 0 Å². The lowest BCUT2D eigenvalue weighted by molar-refractivity contribution is 0.670. The summed E-state index contributed by atoms with van der Waals surface area (Å²) >= 11 is 0. The molecule has 0 saturated carbocycles. The first-order valence-electron chi connectivity index (χ1n) is 21.5. The van der Waals surface area contributed by atoms with Crippen LogP contribution in [0.3, 0.4) is 0 Å². The van der Waals surface area contributed by atoms with Gasteiger partial charge in [0.2, 0.25) is 0 Å². The number of anilines is 3. The summed E-state index contributed by atoms with van der Waals surface area (Å²) in [5.74, 6) is 0. The minimum atomic E-state index is 0.893. The van der Waals surface area contributed by atoms with Gasteiger partial charge in [-0.25, -0.2) is 0 Å². The van der Waals surface area contributed by atoms with Crippen molar-refractivity contribution in [2.24, 2.45) is 0 Å². The molecular formula is C60H40N2O. The van der Waals surface area contributed by atoms with Gasteiger partial charge in [-0.15, -0.1) is 0 Å². The molecule has 12 rings (SSSR count). The molecule has 0 N–H and O–H groups in total. The van der Waals surface area contributed by atoms with Crippen LogP contribution in [-0.4, -0.2) is 4.57 Å². The maximum Gasteiger partial charge on any atom is 0.143 e. The Bertz CT molecular complexity index is 3600. The van der Waals surface area contributed by atoms with Gasteiger partial charge in [0.25, 0.3) is 0 Å². The molecule has 63 heavy (non-hydrogen) atoms. The number of hydrogen-bond acceptors (Lipinski definition) is 2. The first kappa shape index (κ1) is 36.5. The lowest BCUT2D eigenvalue weighted by Gasteiger charge is -2.27. The Morgan fingerprint density at radius 3 is 1.67 bits per heavy atom. The summed E-state index contributed by atoms with van der Waals surface area (Å²) in [4.78, 5) is 2.38. The molecule has 0 aliphatic heterocycles. The molecule has 3 heteroatoms. The summed E-state index contributed by atoms with van der Waals surface area (Å²) in [7, 11) is 0. The molecule has 0 bridgehead atoms. The van der Waals surface area contributed by atoms with E-state index in [1.807, 2.05) is 6.07 Å². The Balaban J connectivity index is 1.05. The van der Waals surface area contributed by atoms with Gasteiger partial charge in [0.1, 0.15) is 11.2 Å². The van der Waals surface area contributed by atoms with Gasteiger partial charge in [-0.2, -0.15) is 0 Å². The molecule has 0 aliphatic rings. The molecule has 296 valence electrons. The van der Waals surface area contributed by atoms with Crippen LogP contribution in [0.15, 0.2) is 247 Å². The number of benzene rings is 10. The zero-order valence-corrected chi connectivity index (χ0v) is 34.4. The third kappa shape index (κ3) is 6.29. The number of para-hydroxylation sites is 5. The van der Waals surface area contributed by atoms with Gasteiger partial charge in [-0.05, 0) is 88.0 Å². The predicted molar refractivity (Wildman–Crippen MR) is 264 cm³/mol. The van der Waals surface area contributed by atoms with E-state index in [0.29, 0.717) is 0 Å². The van der Waals surface area contributed by atoms with Crippen molar-refractivity contribution in [2.45, 2.75) is 0 Å². The van der Waals surface area contributed by atoms with E-state index in [9.17, 15) is 0 Å². The Morgan fingerprint density at radius 2 is 0.857 bits per heavy atom. The zero-order chi connectivity index (χ0) is 41.7. The molecule has 0 unspecified atom stereocenters. The van der Waals surface area contributed by atoms with Crippen molar-refractivity contribution in [1.82, 2.24) is 4.57 Å². The molecule has 3 nitrogen and oxygen atoms in total. The van der Waals surface area contributed by atoms with E-state index < -0.39 is 0 Å². The Kier molecular flexibility index (Phi) is 8.83. The fourth-order valence-corrected chi connectivity index (χ4v) is 9.49. The monoisotopic (exact) mass is 804 g/mol. The summed E-state index contributed by atoms with van der Waals surface area (Å²) in [6.07, 6.45) is 0. The molecule has 10 aromatic carbocycles. The zero-order valence-electron chi connectivity index (χ0n) is 34.4. The Morgan fingerprint density at radius 1 is 0.302 bits per heavy atom. The quantitative estimate of drug-likeness (QED) is 0.153. The van der Waals surface area contributed by atoms with Gasteiger partial charge in [-0.3, -0.25) is 0 Å². The van der Waals surface area contributed by atoms with Crippen LogP contribution in [-0.2, 0) is 0 Å². The van der Waals surface area contributed by atoms with Crippen molar-refractivity contribution in [3.8, 4) is 50.2 Å². The van der Waals surface area contributed by atoms with Crippen LogP contribution in [0.25, 0.3) is 93.9 Å². The minimum absolute atomic E-state index is 0.893. The van der Waals surface area contributed by atoms with Crippen molar-refractivity contribution in [2.75, 3.05) is 4.90 Å². The molecule has 12 aromatic rings. The number of hydrogen-bond donors (Lipinski definition) is 0. The Labute approximate surface area is 366 Å². The summed E-state index contributed by atoms with van der Waals surface area (Å²) in [6.45, 7) is 0. The first-order chi connectivity index (χ1) is 31.3. The predicted octanol–water partition coefficient (Wildman–Crippen LogP) is 16.8. The maximum atomic E-state index is 6.61. The van der Waals surface area contributed by atoms with Crippen LogP contribution in [0.2, 0.25) is 0 Å². The maximum absolute atomic E-state index is 6.61. The number of rotatable bonds is 8. The molecule has 0 aliphatic carbocycles. The summed E-state index contributed by atoms with van der Waals surface area (Å²) in [5, 5.41) is 4.66. The second-order valence-corrected chi connectivity index (χ2v) is 16.1. The lowest BCUT2D eigenvalue weighted by atomic mass is 9.92. The third-order valence-corrected chi connectivity index (χ3v) is 12.4. The van der Waals surface area contributed by atoms with Gasteiger partial charge in [0.15, 0.2) is 0 Å². The Hall–Kier alpha value is -8.40. The lowest BCUT2D eigenvalue weighted by Crippen LogP contribution is -2.10. The largest absolute Gasteiger partial charge is 0.455 e. The summed E-state index contributed by atoms with van der Waals surface area (Å²) in [5.41, 5.74) is 17.6. The van der Waals surface area contributed by atoms with E-state index in [0.717, 1.165) is 72.5 Å². The van der Waals surface area contributed by atoms with Gasteiger partial charge in [0, 0.05) is 49.7 Å². The second-order valence-electron chi connectivity index (χ2n) is 16.1. The average Bonchev–Trinajstić information content (AvgIpc) is 3.91. The highest BCUT2D eigenvalue weighted by atomic mass is 16.3. The molecule has 0 saturated heterocycles. The van der Waals surface area contributed by atoms with E-state index in [2.05, 4.69) is 246 Å². The van der Waals surface area contributed by atoms with Crippen molar-refractivity contribution in [3.63, 3.8) is 0 Å². The summed E-state index contributed by atoms with van der Waals surface area (Å²) in [6, 6.07) is 87.1. The highest BCUT2D eigenvalue weighted by Gasteiger charge is 2.22. The number of aromatic nitrogens is 1. The molecule has 0 radical (unpaired) electrons. The molecule has 2 aromatic heterocycles. The van der Waals surface area contributed by atoms with Crippen molar-refractivity contribution < 1.29 is 4.42 Å². The van der Waals surface area contributed by atoms with Gasteiger partial charge in [0.05, 0.1) is 16.7 Å². The second kappa shape index (κ2) is 15.3. The SMILES string of the molecule is c1ccc(-c2ccc(-c3ccccc3-n3c4ccccc4c4ccc(N(c5ccccc5)c5ccc(-c6cccc7c6oc6ccccc67)c(-c6ccccc6)c5)cc43)cc2)cc1. The molecule has 0 fully saturated rings. The third-order valence-electron chi connectivity index (χ3n) is 12.4. The topological polar surface area (TPSA) is 21.3 Å². The smallest absolute Gasteiger partial charge is 0.143 e. The molecule has 0 amide bonds. The molecular weight excluding hydrogens is 765 g/mol. The van der Waals surface area contributed by atoms with Crippen molar-refractivity contribution in [3.05, 3.63) is 243 Å². The van der Waals surface area contributed by atoms with Crippen LogP contribution in [0.4, 0.5) is 17.1 Å². The van der Waals surface area contributed by atoms with Gasteiger partial charge < -0.3 is 13.9 Å². The van der Waals surface area contributed by atoms with Crippen molar-refractivity contribution >= 4 is 60.8 Å². The fourth-order valence-electron chi connectivity index (χ4n) is 9.49. The van der Waals surface area contributed by atoms with Crippen LogP contribution < -0.4 is 4.90 Å². The van der Waals surface area contributed by atoms with E-state index >= 15 is 0 Å². The standard InChI is InChI=1S/C60H40N2O/c1-4-17-41(18-5-1)42-31-33-44(34-32-42)48-23-10-13-28-56(48)62-57-29-14-11-24-50(57)51-38-36-47(40-58(51)62)61(45-21-8-3-9-22-45)46-35-37-49(55(39-46)43-19-6-2-7-20-43)53-26-16-27-54-52-25-12-15-30-59(52)63-60(53)54/h1-40H. The first-order valence-corrected chi connectivity index (χ1v) is 21.5. The number of fused-ring (bicyclic) bond motifs is 6. The highest BCUT2D eigenvalue weighted by molar-refractivity contribution is 6.12. The van der Waals surface area contributed by atoms with Crippen molar-refractivity contribution in [1.29, 1.82) is 0 Å². The van der Waals surface area contributed by atoms with E-state index in [1.165, 1.54) is 38.5 Å². The van der Waals surface area contributed by atoms with Crippen LogP contribution in [0, 0.1) is 0 Å². The van der Waals surface area contributed by atoms with Crippen LogP contribution in [0.5, 0.6) is 0 Å². The number of furan rings is 1. The van der Waals surface area contributed by atoms with Gasteiger partial charge in [-0.1, -0.05) is 188 Å². The highest BCUT2D eigenvalue weighted by Crippen LogP contribution is 2.45. The van der Waals surface area contributed by atoms with E-state index in [4.69, 9.17) is 4.42 Å². The minimum Gasteiger partial charge on any atom is -0.455 e. The average molecular weight is 805 g/mol. The molecule has 0 spiro atoms. The summed E-state index contributed by atoms with van der Waals surface area (Å²) < 4.78 is 9.05. The van der Waals surface area contributed by atoms with Crippen LogP contribution >= 0.6 is 0 Å². The molecule has 2 heterocycles.